The Bertz CT molecular complexity index is 391. The van der Waals surface area contributed by atoms with Crippen LogP contribution in [0.2, 0.25) is 0 Å². The summed E-state index contributed by atoms with van der Waals surface area (Å²) in [6, 6.07) is 2.32. The first-order valence-electron chi connectivity index (χ1n) is 6.17. The number of aromatic nitrogens is 1. The lowest BCUT2D eigenvalue weighted by molar-refractivity contribution is 0.399. The molecule has 1 heterocycles. The monoisotopic (exact) mass is 249 g/mol. The lowest BCUT2D eigenvalue weighted by Gasteiger charge is -2.22. The summed E-state index contributed by atoms with van der Waals surface area (Å²) in [5.41, 5.74) is 2.02. The Morgan fingerprint density at radius 2 is 2.28 bits per heavy atom. The van der Waals surface area contributed by atoms with E-state index >= 15 is 0 Å². The fourth-order valence-corrected chi connectivity index (χ4v) is 1.78. The summed E-state index contributed by atoms with van der Waals surface area (Å²) in [7, 11) is 5.66. The van der Waals surface area contributed by atoms with Gasteiger partial charge in [0.2, 0.25) is 5.88 Å². The molecule has 0 saturated heterocycles. The number of hydrogen-bond acceptors (Lipinski definition) is 4. The van der Waals surface area contributed by atoms with Gasteiger partial charge in [0.05, 0.1) is 12.8 Å². The minimum atomic E-state index is 0.347. The lowest BCUT2D eigenvalue weighted by atomic mass is 10.1. The topological polar surface area (TPSA) is 37.4 Å². The summed E-state index contributed by atoms with van der Waals surface area (Å²) in [5.74, 6) is 0.631. The summed E-state index contributed by atoms with van der Waals surface area (Å²) < 4.78 is 5.32. The van der Waals surface area contributed by atoms with E-state index in [1.807, 2.05) is 31.1 Å². The van der Waals surface area contributed by atoms with E-state index in [4.69, 9.17) is 4.74 Å². The third kappa shape index (κ3) is 3.65. The van der Waals surface area contributed by atoms with Crippen LogP contribution in [0.15, 0.2) is 24.9 Å². The molecule has 100 valence electrons. The van der Waals surface area contributed by atoms with E-state index in [0.29, 0.717) is 11.9 Å². The van der Waals surface area contributed by atoms with Crippen molar-refractivity contribution in [3.63, 3.8) is 0 Å². The molecule has 0 fully saturated rings. The van der Waals surface area contributed by atoms with E-state index in [9.17, 15) is 0 Å². The van der Waals surface area contributed by atoms with Gasteiger partial charge in [-0.05, 0) is 25.8 Å². The molecule has 1 aromatic heterocycles. The highest BCUT2D eigenvalue weighted by Gasteiger charge is 2.14. The highest BCUT2D eigenvalue weighted by molar-refractivity contribution is 5.74. The van der Waals surface area contributed by atoms with Crippen LogP contribution < -0.4 is 15.0 Å². The molecular weight excluding hydrogens is 226 g/mol. The smallest absolute Gasteiger partial charge is 0.239 e. The predicted molar refractivity (Wildman–Crippen MR) is 77.6 cm³/mol. The van der Waals surface area contributed by atoms with Gasteiger partial charge in [0.15, 0.2) is 0 Å². The zero-order valence-electron chi connectivity index (χ0n) is 11.7. The van der Waals surface area contributed by atoms with Gasteiger partial charge in [-0.1, -0.05) is 6.08 Å². The number of nitrogens with one attached hydrogen (secondary N) is 1. The number of anilines is 2. The van der Waals surface area contributed by atoms with Gasteiger partial charge in [0, 0.05) is 26.3 Å². The minimum absolute atomic E-state index is 0.347. The second-order valence-electron chi connectivity index (χ2n) is 4.52. The third-order valence-electron chi connectivity index (χ3n) is 2.76. The minimum Gasteiger partial charge on any atom is -0.479 e. The van der Waals surface area contributed by atoms with Gasteiger partial charge in [-0.3, -0.25) is 0 Å². The average Bonchev–Trinajstić information content (AvgIpc) is 2.36. The zero-order chi connectivity index (χ0) is 13.5. The van der Waals surface area contributed by atoms with Crippen LogP contribution in [0.1, 0.15) is 19.8 Å². The quantitative estimate of drug-likeness (QED) is 0.754. The maximum Gasteiger partial charge on any atom is 0.239 e. The summed E-state index contributed by atoms with van der Waals surface area (Å²) in [6.45, 7) is 5.89. The van der Waals surface area contributed by atoms with E-state index in [-0.39, 0.29) is 0 Å². The summed E-state index contributed by atoms with van der Waals surface area (Å²) >= 11 is 0. The Labute approximate surface area is 110 Å². The fraction of sp³-hybridized carbons (Fsp3) is 0.500. The number of rotatable bonds is 7. The van der Waals surface area contributed by atoms with Crippen molar-refractivity contribution >= 4 is 11.4 Å². The van der Waals surface area contributed by atoms with Crippen molar-refractivity contribution in [2.24, 2.45) is 0 Å². The first-order valence-corrected chi connectivity index (χ1v) is 6.17. The van der Waals surface area contributed by atoms with Gasteiger partial charge < -0.3 is 15.0 Å². The van der Waals surface area contributed by atoms with Gasteiger partial charge in [-0.15, -0.1) is 6.58 Å². The number of hydrogen-bond donors (Lipinski definition) is 1. The summed E-state index contributed by atoms with van der Waals surface area (Å²) in [6.07, 6.45) is 5.72. The second-order valence-corrected chi connectivity index (χ2v) is 4.52. The Morgan fingerprint density at radius 1 is 1.56 bits per heavy atom. The Kier molecular flexibility index (Phi) is 5.49. The van der Waals surface area contributed by atoms with Crippen molar-refractivity contribution in [1.29, 1.82) is 0 Å². The molecule has 1 aromatic rings. The van der Waals surface area contributed by atoms with Gasteiger partial charge in [0.25, 0.3) is 0 Å². The molecule has 1 atom stereocenters. The average molecular weight is 249 g/mol. The third-order valence-corrected chi connectivity index (χ3v) is 2.76. The molecular formula is C14H23N3O. The largest absolute Gasteiger partial charge is 0.479 e. The van der Waals surface area contributed by atoms with Crippen LogP contribution in [0.25, 0.3) is 0 Å². The van der Waals surface area contributed by atoms with Crippen LogP contribution in [0, 0.1) is 0 Å². The van der Waals surface area contributed by atoms with E-state index in [1.54, 1.807) is 13.3 Å². The first kappa shape index (κ1) is 14.4. The molecule has 0 radical (unpaired) electrons. The van der Waals surface area contributed by atoms with Gasteiger partial charge >= 0.3 is 0 Å². The molecule has 4 nitrogen and oxygen atoms in total. The molecule has 18 heavy (non-hydrogen) atoms. The van der Waals surface area contributed by atoms with Crippen molar-refractivity contribution in [2.45, 2.75) is 25.8 Å². The molecule has 1 N–H and O–H groups in total. The van der Waals surface area contributed by atoms with E-state index in [2.05, 4.69) is 23.8 Å². The van der Waals surface area contributed by atoms with Crippen LogP contribution >= 0.6 is 0 Å². The second kappa shape index (κ2) is 6.89. The molecule has 0 saturated carbocycles. The molecule has 0 aromatic carbocycles. The Morgan fingerprint density at radius 3 is 2.83 bits per heavy atom. The first-order chi connectivity index (χ1) is 8.60. The van der Waals surface area contributed by atoms with Crippen molar-refractivity contribution < 1.29 is 4.74 Å². The number of nitrogens with zero attached hydrogens (tertiary/aromatic N) is 2. The van der Waals surface area contributed by atoms with Crippen LogP contribution in [0.5, 0.6) is 5.88 Å². The van der Waals surface area contributed by atoms with Crippen LogP contribution in [0.4, 0.5) is 11.4 Å². The Hall–Kier alpha value is -1.71. The van der Waals surface area contributed by atoms with Gasteiger partial charge in [-0.2, -0.15) is 0 Å². The van der Waals surface area contributed by atoms with Crippen LogP contribution in [-0.4, -0.2) is 32.2 Å². The van der Waals surface area contributed by atoms with Crippen LogP contribution in [-0.2, 0) is 0 Å². The highest BCUT2D eigenvalue weighted by atomic mass is 16.5. The fourth-order valence-electron chi connectivity index (χ4n) is 1.78. The SMILES string of the molecule is C=CCCC(C)Nc1c(N(C)C)ccnc1OC. The molecule has 0 aliphatic carbocycles. The zero-order valence-corrected chi connectivity index (χ0v) is 11.7. The van der Waals surface area contributed by atoms with E-state index in [1.165, 1.54) is 0 Å². The molecule has 1 rings (SSSR count). The predicted octanol–water partition coefficient (Wildman–Crippen LogP) is 2.92. The number of methoxy groups -OCH3 is 1. The van der Waals surface area contributed by atoms with Gasteiger partial charge in [0.1, 0.15) is 5.69 Å². The molecule has 0 bridgehead atoms. The van der Waals surface area contributed by atoms with Crippen LogP contribution in [0.3, 0.4) is 0 Å². The number of pyridine rings is 1. The van der Waals surface area contributed by atoms with E-state index in [0.717, 1.165) is 24.2 Å². The van der Waals surface area contributed by atoms with Crippen molar-refractivity contribution in [3.05, 3.63) is 24.9 Å². The number of allylic oxidation sites excluding steroid dienone is 1. The lowest BCUT2D eigenvalue weighted by Crippen LogP contribution is -2.19. The van der Waals surface area contributed by atoms with Crippen molar-refractivity contribution in [3.8, 4) is 5.88 Å². The standard InChI is InChI=1S/C14H23N3O/c1-6-7-8-11(2)16-13-12(17(3)4)9-10-15-14(13)18-5/h6,9-11,16H,1,7-8H2,2-5H3. The van der Waals surface area contributed by atoms with E-state index < -0.39 is 0 Å². The van der Waals surface area contributed by atoms with Crippen molar-refractivity contribution in [2.75, 3.05) is 31.4 Å². The molecule has 0 aliphatic heterocycles. The summed E-state index contributed by atoms with van der Waals surface area (Å²) in [5, 5.41) is 3.47. The maximum atomic E-state index is 5.32. The highest BCUT2D eigenvalue weighted by Crippen LogP contribution is 2.32. The molecule has 0 spiro atoms. The van der Waals surface area contributed by atoms with Crippen molar-refractivity contribution in [1.82, 2.24) is 4.98 Å². The maximum absolute atomic E-state index is 5.32. The molecule has 0 aliphatic rings. The normalized spacial score (nSPS) is 11.8. The molecule has 4 heteroatoms. The van der Waals surface area contributed by atoms with Gasteiger partial charge in [-0.25, -0.2) is 4.98 Å². The summed E-state index contributed by atoms with van der Waals surface area (Å²) in [4.78, 5) is 6.29. The Balaban J connectivity index is 2.93. The number of ether oxygens (including phenoxy) is 1. The molecule has 0 amide bonds. The molecule has 1 unspecified atom stereocenters.